The van der Waals surface area contributed by atoms with E-state index in [1.165, 1.54) is 5.54 Å². The average molecular weight is 376 g/mol. The zero-order valence-corrected chi connectivity index (χ0v) is 14.1. The Kier molecular flexibility index (Phi) is 6.42. The molecule has 0 radical (unpaired) electrons. The van der Waals surface area contributed by atoms with Gasteiger partial charge in [-0.25, -0.2) is 0 Å². The Hall–Kier alpha value is -1.33. The van der Waals surface area contributed by atoms with Crippen LogP contribution in [-0.2, 0) is 19.7 Å². The number of esters is 1. The van der Waals surface area contributed by atoms with Gasteiger partial charge in [0.05, 0.1) is 6.61 Å². The number of halogens is 2. The molecular weight excluding hydrogens is 360 g/mol. The number of hydrogen-bond acceptors (Lipinski definition) is 3. The minimum absolute atomic E-state index is 0.0493. The van der Waals surface area contributed by atoms with Crippen LogP contribution in [0.5, 0.6) is 0 Å². The summed E-state index contributed by atoms with van der Waals surface area (Å²) in [6.45, 7) is 3.41. The van der Waals surface area contributed by atoms with Gasteiger partial charge in [0.15, 0.2) is 5.41 Å². The van der Waals surface area contributed by atoms with E-state index in [1.54, 1.807) is 38.1 Å². The maximum Gasteiger partial charge on any atom is 0.328 e. The molecule has 0 aliphatic rings. The van der Waals surface area contributed by atoms with Crippen molar-refractivity contribution in [3.63, 3.8) is 0 Å². The van der Waals surface area contributed by atoms with Crippen LogP contribution in [0, 0.1) is 0 Å². The SMILES string of the molecule is CCOC(=O)C(C/C(C)=C/Cl)(C(=O)O)c1ccc(Br)cc1. The predicted octanol–water partition coefficient (Wildman–Crippen LogP) is 3.87. The number of hydrogen-bond donors (Lipinski definition) is 1. The molecule has 0 heterocycles. The van der Waals surface area contributed by atoms with Crippen LogP contribution in [0.3, 0.4) is 0 Å². The van der Waals surface area contributed by atoms with Crippen molar-refractivity contribution in [2.45, 2.75) is 25.7 Å². The largest absolute Gasteiger partial charge is 0.480 e. The number of carbonyl (C=O) groups is 2. The highest BCUT2D eigenvalue weighted by molar-refractivity contribution is 9.10. The number of carboxylic acids is 1. The minimum atomic E-state index is -1.80. The van der Waals surface area contributed by atoms with E-state index >= 15 is 0 Å². The Morgan fingerprint density at radius 2 is 1.95 bits per heavy atom. The molecule has 1 atom stereocenters. The first-order chi connectivity index (χ1) is 9.88. The summed E-state index contributed by atoms with van der Waals surface area (Å²) in [4.78, 5) is 24.3. The van der Waals surface area contributed by atoms with Crippen molar-refractivity contribution in [3.05, 3.63) is 45.4 Å². The lowest BCUT2D eigenvalue weighted by Crippen LogP contribution is -2.45. The van der Waals surface area contributed by atoms with Crippen molar-refractivity contribution >= 4 is 39.5 Å². The van der Waals surface area contributed by atoms with E-state index in [-0.39, 0.29) is 13.0 Å². The molecule has 1 aromatic carbocycles. The van der Waals surface area contributed by atoms with E-state index < -0.39 is 17.4 Å². The molecule has 1 rings (SSSR count). The smallest absolute Gasteiger partial charge is 0.328 e. The second-order valence-electron chi connectivity index (χ2n) is 4.57. The van der Waals surface area contributed by atoms with Crippen molar-refractivity contribution in [2.75, 3.05) is 6.61 Å². The first-order valence-electron chi connectivity index (χ1n) is 6.31. The number of allylic oxidation sites excluding steroid dienone is 1. The van der Waals surface area contributed by atoms with E-state index in [2.05, 4.69) is 15.9 Å². The Balaban J connectivity index is 3.46. The number of rotatable bonds is 6. The zero-order valence-electron chi connectivity index (χ0n) is 11.7. The maximum atomic E-state index is 12.4. The van der Waals surface area contributed by atoms with Gasteiger partial charge < -0.3 is 9.84 Å². The van der Waals surface area contributed by atoms with Crippen LogP contribution < -0.4 is 0 Å². The third-order valence-corrected chi connectivity index (χ3v) is 3.96. The van der Waals surface area contributed by atoms with Crippen LogP contribution >= 0.6 is 27.5 Å². The highest BCUT2D eigenvalue weighted by Gasteiger charge is 2.49. The lowest BCUT2D eigenvalue weighted by atomic mass is 9.75. The number of aliphatic carboxylic acids is 1. The number of ether oxygens (including phenoxy) is 1. The summed E-state index contributed by atoms with van der Waals surface area (Å²) in [6, 6.07) is 6.56. The van der Waals surface area contributed by atoms with Crippen molar-refractivity contribution < 1.29 is 19.4 Å². The first kappa shape index (κ1) is 17.7. The van der Waals surface area contributed by atoms with Gasteiger partial charge in [0.2, 0.25) is 0 Å². The van der Waals surface area contributed by atoms with Crippen molar-refractivity contribution in [1.82, 2.24) is 0 Å². The van der Waals surface area contributed by atoms with Gasteiger partial charge in [-0.3, -0.25) is 9.59 Å². The van der Waals surface area contributed by atoms with Gasteiger partial charge in [-0.15, -0.1) is 0 Å². The fourth-order valence-electron chi connectivity index (χ4n) is 2.02. The molecule has 0 saturated carbocycles. The zero-order chi connectivity index (χ0) is 16.0. The fourth-order valence-corrected chi connectivity index (χ4v) is 2.37. The van der Waals surface area contributed by atoms with Crippen molar-refractivity contribution in [2.24, 2.45) is 0 Å². The Morgan fingerprint density at radius 3 is 2.38 bits per heavy atom. The van der Waals surface area contributed by atoms with E-state index in [4.69, 9.17) is 16.3 Å². The molecule has 114 valence electrons. The molecule has 21 heavy (non-hydrogen) atoms. The molecule has 0 aromatic heterocycles. The van der Waals surface area contributed by atoms with Crippen molar-refractivity contribution in [1.29, 1.82) is 0 Å². The van der Waals surface area contributed by atoms with E-state index in [1.807, 2.05) is 0 Å². The summed E-state index contributed by atoms with van der Waals surface area (Å²) in [5.74, 6) is -2.06. The van der Waals surface area contributed by atoms with Gasteiger partial charge in [-0.1, -0.05) is 45.2 Å². The summed E-state index contributed by atoms with van der Waals surface area (Å²) in [6.07, 6.45) is -0.0493. The monoisotopic (exact) mass is 374 g/mol. The van der Waals surface area contributed by atoms with Gasteiger partial charge in [0.1, 0.15) is 0 Å². The number of carboxylic acid groups (broad SMARTS) is 1. The summed E-state index contributed by atoms with van der Waals surface area (Å²) in [5.41, 5.74) is 0.409. The van der Waals surface area contributed by atoms with Gasteiger partial charge in [-0.05, 0) is 31.5 Å². The molecule has 0 amide bonds. The highest BCUT2D eigenvalue weighted by atomic mass is 79.9. The van der Waals surface area contributed by atoms with Crippen molar-refractivity contribution in [3.8, 4) is 0 Å². The molecule has 4 nitrogen and oxygen atoms in total. The molecule has 0 fully saturated rings. The lowest BCUT2D eigenvalue weighted by Gasteiger charge is -2.28. The quantitative estimate of drug-likeness (QED) is 0.605. The Morgan fingerprint density at radius 1 is 1.38 bits per heavy atom. The van der Waals surface area contributed by atoms with Gasteiger partial charge in [0.25, 0.3) is 0 Å². The average Bonchev–Trinajstić information content (AvgIpc) is 2.45. The fraction of sp³-hybridized carbons (Fsp3) is 0.333. The van der Waals surface area contributed by atoms with Crippen LogP contribution in [0.15, 0.2) is 39.8 Å². The van der Waals surface area contributed by atoms with E-state index in [9.17, 15) is 14.7 Å². The van der Waals surface area contributed by atoms with Crippen LogP contribution in [0.4, 0.5) is 0 Å². The van der Waals surface area contributed by atoms with Gasteiger partial charge >= 0.3 is 11.9 Å². The standard InChI is InChI=1S/C15H16BrClO4/c1-3-21-14(20)15(13(18)19,8-10(2)9-17)11-4-6-12(16)7-5-11/h4-7,9H,3,8H2,1-2H3,(H,18,19)/b10-9+. The number of carbonyl (C=O) groups excluding carboxylic acids is 1. The second kappa shape index (κ2) is 7.61. The molecule has 1 aromatic rings. The molecule has 6 heteroatoms. The summed E-state index contributed by atoms with van der Waals surface area (Å²) in [7, 11) is 0. The summed E-state index contributed by atoms with van der Waals surface area (Å²) >= 11 is 8.93. The summed E-state index contributed by atoms with van der Waals surface area (Å²) < 4.78 is 5.79. The molecular formula is C15H16BrClO4. The molecule has 1 unspecified atom stereocenters. The van der Waals surface area contributed by atoms with Crippen LogP contribution in [0.25, 0.3) is 0 Å². The third-order valence-electron chi connectivity index (χ3n) is 3.06. The molecule has 1 N–H and O–H groups in total. The first-order valence-corrected chi connectivity index (χ1v) is 7.54. The Bertz CT molecular complexity index is 553. The molecule has 0 aliphatic carbocycles. The highest BCUT2D eigenvalue weighted by Crippen LogP contribution is 2.34. The van der Waals surface area contributed by atoms with E-state index in [0.29, 0.717) is 11.1 Å². The number of benzene rings is 1. The summed E-state index contributed by atoms with van der Waals surface area (Å²) in [5, 5.41) is 9.71. The van der Waals surface area contributed by atoms with E-state index in [0.717, 1.165) is 4.47 Å². The van der Waals surface area contributed by atoms with Gasteiger partial charge in [-0.2, -0.15) is 0 Å². The van der Waals surface area contributed by atoms with Crippen LogP contribution in [0.2, 0.25) is 0 Å². The topological polar surface area (TPSA) is 63.6 Å². The van der Waals surface area contributed by atoms with Crippen LogP contribution in [-0.4, -0.2) is 23.7 Å². The second-order valence-corrected chi connectivity index (χ2v) is 5.70. The molecule has 0 spiro atoms. The minimum Gasteiger partial charge on any atom is -0.480 e. The lowest BCUT2D eigenvalue weighted by molar-refractivity contribution is -0.161. The maximum absolute atomic E-state index is 12.4. The molecule has 0 aliphatic heterocycles. The Labute approximate surface area is 136 Å². The molecule has 0 bridgehead atoms. The van der Waals surface area contributed by atoms with Crippen LogP contribution in [0.1, 0.15) is 25.8 Å². The normalized spacial score (nSPS) is 14.4. The van der Waals surface area contributed by atoms with Gasteiger partial charge in [0, 0.05) is 16.4 Å². The predicted molar refractivity (Wildman–Crippen MR) is 84.3 cm³/mol. The molecule has 0 saturated heterocycles. The third kappa shape index (κ3) is 3.86.